The van der Waals surface area contributed by atoms with Crippen molar-refractivity contribution in [2.75, 3.05) is 6.54 Å². The van der Waals surface area contributed by atoms with E-state index in [1.807, 2.05) is 32.2 Å². The number of rotatable bonds is 9. The molecular formula is C22H29IN6O. The van der Waals surface area contributed by atoms with Crippen molar-refractivity contribution in [3.05, 3.63) is 83.4 Å². The predicted molar refractivity (Wildman–Crippen MR) is 129 cm³/mol. The summed E-state index contributed by atoms with van der Waals surface area (Å²) >= 11 is 0. The highest BCUT2D eigenvalue weighted by Crippen LogP contribution is 2.09. The number of aromatic nitrogens is 3. The lowest BCUT2D eigenvalue weighted by molar-refractivity contribution is 0.107. The highest BCUT2D eigenvalue weighted by atomic mass is 127. The Bertz CT molecular complexity index is 896. The highest BCUT2D eigenvalue weighted by molar-refractivity contribution is 14.0. The molecule has 30 heavy (non-hydrogen) atoms. The third-order valence-electron chi connectivity index (χ3n) is 4.39. The van der Waals surface area contributed by atoms with Gasteiger partial charge in [0, 0.05) is 13.6 Å². The van der Waals surface area contributed by atoms with Gasteiger partial charge in [-0.25, -0.2) is 9.98 Å². The maximum absolute atomic E-state index is 5.79. The van der Waals surface area contributed by atoms with Gasteiger partial charge in [-0.05, 0) is 23.6 Å². The molecule has 0 spiro atoms. The number of nitrogens with one attached hydrogen (secondary N) is 2. The van der Waals surface area contributed by atoms with Crippen LogP contribution in [0.1, 0.15) is 29.4 Å². The SMILES string of the molecule is CCNC(=NCc1ccc(COCc2ccccc2)cc1)NCc1ncnn1C.I. The molecule has 2 N–H and O–H groups in total. The first-order valence-electron chi connectivity index (χ1n) is 9.79. The van der Waals surface area contributed by atoms with Crippen molar-refractivity contribution < 1.29 is 4.74 Å². The Kier molecular flexibility index (Phi) is 10.3. The van der Waals surface area contributed by atoms with Crippen LogP contribution in [-0.2, 0) is 38.1 Å². The van der Waals surface area contributed by atoms with Crippen molar-refractivity contribution in [2.45, 2.75) is 33.2 Å². The number of nitrogens with zero attached hydrogens (tertiary/aromatic N) is 4. The number of hydrogen-bond donors (Lipinski definition) is 2. The van der Waals surface area contributed by atoms with Gasteiger partial charge in [-0.2, -0.15) is 5.10 Å². The van der Waals surface area contributed by atoms with Crippen LogP contribution in [0.4, 0.5) is 0 Å². The second-order valence-electron chi connectivity index (χ2n) is 6.64. The lowest BCUT2D eigenvalue weighted by atomic mass is 10.1. The number of guanidine groups is 1. The fourth-order valence-corrected chi connectivity index (χ4v) is 2.76. The number of halogens is 1. The first kappa shape index (κ1) is 23.8. The minimum atomic E-state index is 0. The van der Waals surface area contributed by atoms with E-state index < -0.39 is 0 Å². The molecular weight excluding hydrogens is 491 g/mol. The number of aliphatic imine (C=N–C) groups is 1. The maximum Gasteiger partial charge on any atom is 0.191 e. The minimum Gasteiger partial charge on any atom is -0.372 e. The molecule has 0 atom stereocenters. The van der Waals surface area contributed by atoms with Crippen molar-refractivity contribution in [3.8, 4) is 0 Å². The van der Waals surface area contributed by atoms with Crippen molar-refractivity contribution in [1.82, 2.24) is 25.4 Å². The molecule has 0 radical (unpaired) electrons. The summed E-state index contributed by atoms with van der Waals surface area (Å²) in [5.41, 5.74) is 3.48. The fraction of sp³-hybridized carbons (Fsp3) is 0.318. The molecule has 3 rings (SSSR count). The number of hydrogen-bond acceptors (Lipinski definition) is 4. The molecule has 0 amide bonds. The predicted octanol–water partition coefficient (Wildman–Crippen LogP) is 3.41. The zero-order valence-electron chi connectivity index (χ0n) is 17.4. The van der Waals surface area contributed by atoms with Crippen LogP contribution in [0.3, 0.4) is 0 Å². The second kappa shape index (κ2) is 13.0. The third-order valence-corrected chi connectivity index (χ3v) is 4.39. The molecule has 0 saturated heterocycles. The molecule has 3 aromatic rings. The van der Waals surface area contributed by atoms with Crippen molar-refractivity contribution in [1.29, 1.82) is 0 Å². The Morgan fingerprint density at radius 3 is 2.27 bits per heavy atom. The van der Waals surface area contributed by atoms with E-state index in [0.29, 0.717) is 26.3 Å². The minimum absolute atomic E-state index is 0. The van der Waals surface area contributed by atoms with Crippen LogP contribution < -0.4 is 10.6 Å². The van der Waals surface area contributed by atoms with E-state index in [4.69, 9.17) is 4.74 Å². The maximum atomic E-state index is 5.79. The molecule has 0 bridgehead atoms. The smallest absolute Gasteiger partial charge is 0.191 e. The topological polar surface area (TPSA) is 76.4 Å². The lowest BCUT2D eigenvalue weighted by Gasteiger charge is -2.11. The van der Waals surface area contributed by atoms with Crippen LogP contribution in [0, 0.1) is 0 Å². The van der Waals surface area contributed by atoms with Crippen molar-refractivity contribution in [2.24, 2.45) is 12.0 Å². The summed E-state index contributed by atoms with van der Waals surface area (Å²) < 4.78 is 7.54. The molecule has 0 aliphatic heterocycles. The summed E-state index contributed by atoms with van der Waals surface area (Å²) in [5.74, 6) is 1.61. The van der Waals surface area contributed by atoms with E-state index in [1.54, 1.807) is 11.0 Å². The van der Waals surface area contributed by atoms with Gasteiger partial charge in [-0.1, -0.05) is 54.6 Å². The molecule has 0 saturated carbocycles. The lowest BCUT2D eigenvalue weighted by Crippen LogP contribution is -2.37. The van der Waals surface area contributed by atoms with Gasteiger partial charge in [0.2, 0.25) is 0 Å². The summed E-state index contributed by atoms with van der Waals surface area (Å²) in [5, 5.41) is 10.6. The molecule has 1 heterocycles. The quantitative estimate of drug-likeness (QED) is 0.257. The third kappa shape index (κ3) is 7.75. The normalized spacial score (nSPS) is 11.1. The summed E-state index contributed by atoms with van der Waals surface area (Å²) in [6.07, 6.45) is 1.55. The molecule has 0 unspecified atom stereocenters. The van der Waals surface area contributed by atoms with Gasteiger partial charge < -0.3 is 15.4 Å². The van der Waals surface area contributed by atoms with Crippen molar-refractivity contribution >= 4 is 29.9 Å². The summed E-state index contributed by atoms with van der Waals surface area (Å²) in [6.45, 7) is 5.22. The first-order chi connectivity index (χ1) is 14.2. The molecule has 0 aliphatic rings. The van der Waals surface area contributed by atoms with Gasteiger partial charge in [-0.3, -0.25) is 4.68 Å². The number of benzene rings is 2. The van der Waals surface area contributed by atoms with Crippen molar-refractivity contribution in [3.63, 3.8) is 0 Å². The monoisotopic (exact) mass is 520 g/mol. The Balaban J connectivity index is 0.00000320. The zero-order chi connectivity index (χ0) is 20.3. The second-order valence-corrected chi connectivity index (χ2v) is 6.64. The van der Waals surface area contributed by atoms with E-state index in [9.17, 15) is 0 Å². The molecule has 0 fully saturated rings. The van der Waals surface area contributed by atoms with Crippen LogP contribution in [0.5, 0.6) is 0 Å². The van der Waals surface area contributed by atoms with Gasteiger partial charge >= 0.3 is 0 Å². The van der Waals surface area contributed by atoms with Gasteiger partial charge in [0.15, 0.2) is 5.96 Å². The van der Waals surface area contributed by atoms with Crippen LogP contribution in [0.25, 0.3) is 0 Å². The van der Waals surface area contributed by atoms with E-state index in [0.717, 1.165) is 29.5 Å². The molecule has 2 aromatic carbocycles. The largest absolute Gasteiger partial charge is 0.372 e. The van der Waals surface area contributed by atoms with Crippen LogP contribution in [0.15, 0.2) is 65.9 Å². The Morgan fingerprint density at radius 2 is 1.63 bits per heavy atom. The molecule has 8 heteroatoms. The Hall–Kier alpha value is -2.46. The highest BCUT2D eigenvalue weighted by Gasteiger charge is 2.03. The van der Waals surface area contributed by atoms with Gasteiger partial charge in [0.1, 0.15) is 12.2 Å². The molecule has 160 valence electrons. The van der Waals surface area contributed by atoms with Crippen LogP contribution in [-0.4, -0.2) is 27.3 Å². The van der Waals surface area contributed by atoms with Crippen LogP contribution >= 0.6 is 24.0 Å². The average molecular weight is 520 g/mol. The molecule has 1 aromatic heterocycles. The molecule has 7 nitrogen and oxygen atoms in total. The van der Waals surface area contributed by atoms with Gasteiger partial charge in [0.05, 0.1) is 26.3 Å². The van der Waals surface area contributed by atoms with Gasteiger partial charge in [-0.15, -0.1) is 24.0 Å². The first-order valence-corrected chi connectivity index (χ1v) is 9.79. The van der Waals surface area contributed by atoms with E-state index in [1.165, 1.54) is 5.56 Å². The Labute approximate surface area is 195 Å². The molecule has 0 aliphatic carbocycles. The van der Waals surface area contributed by atoms with E-state index in [2.05, 4.69) is 62.1 Å². The van der Waals surface area contributed by atoms with E-state index >= 15 is 0 Å². The number of aryl methyl sites for hydroxylation is 1. The summed E-state index contributed by atoms with van der Waals surface area (Å²) in [6, 6.07) is 18.6. The van der Waals surface area contributed by atoms with E-state index in [-0.39, 0.29) is 24.0 Å². The standard InChI is InChI=1S/C22H28N6O.HI/c1-3-23-22(25-14-21-26-17-27-28(21)2)24-13-18-9-11-20(12-10-18)16-29-15-19-7-5-4-6-8-19;/h4-12,17H,3,13-16H2,1-2H3,(H2,23,24,25);1H. The average Bonchev–Trinajstić information content (AvgIpc) is 3.16. The fourth-order valence-electron chi connectivity index (χ4n) is 2.76. The van der Waals surface area contributed by atoms with Gasteiger partial charge in [0.25, 0.3) is 0 Å². The summed E-state index contributed by atoms with van der Waals surface area (Å²) in [7, 11) is 1.87. The van der Waals surface area contributed by atoms with Crippen LogP contribution in [0.2, 0.25) is 0 Å². The Morgan fingerprint density at radius 1 is 0.967 bits per heavy atom. The zero-order valence-corrected chi connectivity index (χ0v) is 19.7. The number of ether oxygens (including phenoxy) is 1. The summed E-state index contributed by atoms with van der Waals surface area (Å²) in [4.78, 5) is 8.86.